The predicted octanol–water partition coefficient (Wildman–Crippen LogP) is 4.06. The second kappa shape index (κ2) is 10.4. The lowest BCUT2D eigenvalue weighted by molar-refractivity contribution is -0.144. The van der Waals surface area contributed by atoms with E-state index >= 15 is 0 Å². The van der Waals surface area contributed by atoms with Gasteiger partial charge in [-0.1, -0.05) is 85.0 Å². The monoisotopic (exact) mass is 593 g/mol. The van der Waals surface area contributed by atoms with Gasteiger partial charge in [-0.15, -0.1) is 11.8 Å². The molecule has 4 heterocycles. The molecule has 0 aromatic heterocycles. The molecular weight excluding hydrogens is 558 g/mol. The molecule has 2 saturated heterocycles. The van der Waals surface area contributed by atoms with Gasteiger partial charge in [-0.25, -0.2) is 0 Å². The number of likely N-dealkylation sites (tertiary alicyclic amines) is 1. The van der Waals surface area contributed by atoms with E-state index in [9.17, 15) is 19.5 Å². The number of aliphatic hydroxyl groups excluding tert-OH is 1. The van der Waals surface area contributed by atoms with E-state index in [1.165, 1.54) is 0 Å². The molecule has 3 amide bonds. The number of aliphatic hydroxyl groups is 1. The van der Waals surface area contributed by atoms with Crippen molar-refractivity contribution in [3.05, 3.63) is 103 Å². The summed E-state index contributed by atoms with van der Waals surface area (Å²) in [7, 11) is 1.77. The third-order valence-electron chi connectivity index (χ3n) is 9.66. The predicted molar refractivity (Wildman–Crippen MR) is 170 cm³/mol. The highest BCUT2D eigenvalue weighted by molar-refractivity contribution is 8.02. The van der Waals surface area contributed by atoms with Crippen LogP contribution in [0.4, 0.5) is 5.69 Å². The number of hydrogen-bond donors (Lipinski definition) is 1. The standard InChI is InChI=1S/C35H35N3O4S/c1-34-16-8-18-36(2)31(40)28(34)29-32(41)38(27(22-39)20-23-10-4-3-5-11-23)30-33(42)37(19-9-17-35(29,30)43-34)26-15-14-24-12-6-7-13-25(24)21-26/h3-17,21,27-30,39H,18-20,22H2,1-2H3/t27-,28+,29+,30?,34-,35+/m1/s1. The van der Waals surface area contributed by atoms with Crippen molar-refractivity contribution >= 4 is 45.9 Å². The van der Waals surface area contributed by atoms with E-state index in [0.717, 1.165) is 22.0 Å². The number of nitrogens with zero attached hydrogens (tertiary/aromatic N) is 3. The highest BCUT2D eigenvalue weighted by Crippen LogP contribution is 2.65. The minimum Gasteiger partial charge on any atom is -0.394 e. The Bertz CT molecular complexity index is 1670. The molecule has 7 rings (SSSR count). The first-order valence-electron chi connectivity index (χ1n) is 14.8. The molecule has 0 radical (unpaired) electrons. The van der Waals surface area contributed by atoms with Crippen molar-refractivity contribution in [2.45, 2.75) is 34.9 Å². The van der Waals surface area contributed by atoms with Gasteiger partial charge < -0.3 is 19.8 Å². The van der Waals surface area contributed by atoms with Crippen LogP contribution in [0.2, 0.25) is 0 Å². The maximum Gasteiger partial charge on any atom is 0.251 e. The van der Waals surface area contributed by atoms with Gasteiger partial charge in [0, 0.05) is 30.6 Å². The molecule has 1 spiro atoms. The number of carbonyl (C=O) groups is 3. The molecule has 6 atom stereocenters. The molecule has 1 unspecified atom stereocenters. The van der Waals surface area contributed by atoms with E-state index in [2.05, 4.69) is 6.08 Å². The number of hydrogen-bond acceptors (Lipinski definition) is 5. The highest BCUT2D eigenvalue weighted by atomic mass is 32.2. The number of amides is 3. The van der Waals surface area contributed by atoms with E-state index in [4.69, 9.17) is 0 Å². The van der Waals surface area contributed by atoms with Crippen molar-refractivity contribution in [1.82, 2.24) is 9.80 Å². The molecule has 4 aliphatic rings. The lowest BCUT2D eigenvalue weighted by Gasteiger charge is -2.39. The number of likely N-dealkylation sites (N-methyl/N-ethyl adjacent to an activating group) is 1. The zero-order valence-corrected chi connectivity index (χ0v) is 25.1. The molecule has 0 saturated carbocycles. The SMILES string of the molecule is CN1CC=C[C@@]2(C)S[C@]34C=CCN(c5ccc6ccccc6c5)C(=O)C3N([C@@H](CO)Cc3ccccc3)C(=O)[C@@H]4[C@H]2C1=O. The average molecular weight is 594 g/mol. The fourth-order valence-electron chi connectivity index (χ4n) is 7.69. The van der Waals surface area contributed by atoms with Gasteiger partial charge in [0.2, 0.25) is 11.8 Å². The normalized spacial score (nSPS) is 30.7. The zero-order chi connectivity index (χ0) is 29.9. The van der Waals surface area contributed by atoms with E-state index in [1.807, 2.05) is 97.9 Å². The molecule has 43 heavy (non-hydrogen) atoms. The van der Waals surface area contributed by atoms with Crippen molar-refractivity contribution in [1.29, 1.82) is 0 Å². The molecular formula is C35H35N3O4S. The van der Waals surface area contributed by atoms with Crippen molar-refractivity contribution in [3.63, 3.8) is 0 Å². The van der Waals surface area contributed by atoms with Crippen molar-refractivity contribution < 1.29 is 19.5 Å². The molecule has 2 fully saturated rings. The fraction of sp³-hybridized carbons (Fsp3) is 0.343. The first-order chi connectivity index (χ1) is 20.8. The van der Waals surface area contributed by atoms with Crippen LogP contribution in [-0.2, 0) is 20.8 Å². The smallest absolute Gasteiger partial charge is 0.251 e. The van der Waals surface area contributed by atoms with Gasteiger partial charge in [0.15, 0.2) is 0 Å². The van der Waals surface area contributed by atoms with Crippen LogP contribution in [-0.4, -0.2) is 80.9 Å². The second-order valence-corrected chi connectivity index (χ2v) is 14.1. The van der Waals surface area contributed by atoms with E-state index in [-0.39, 0.29) is 24.3 Å². The summed E-state index contributed by atoms with van der Waals surface area (Å²) in [6.45, 7) is 2.55. The number of thioether (sulfide) groups is 1. The Kier molecular flexibility index (Phi) is 6.74. The van der Waals surface area contributed by atoms with Gasteiger partial charge in [0.05, 0.1) is 29.2 Å². The summed E-state index contributed by atoms with van der Waals surface area (Å²) in [5.41, 5.74) is 1.72. The van der Waals surface area contributed by atoms with E-state index in [0.29, 0.717) is 19.5 Å². The van der Waals surface area contributed by atoms with Crippen LogP contribution in [0, 0.1) is 11.8 Å². The van der Waals surface area contributed by atoms with Crippen LogP contribution in [0.1, 0.15) is 12.5 Å². The van der Waals surface area contributed by atoms with E-state index in [1.54, 1.807) is 33.5 Å². The minimum atomic E-state index is -0.971. The topological polar surface area (TPSA) is 81.2 Å². The number of benzene rings is 3. The molecule has 3 aromatic carbocycles. The molecule has 1 N–H and O–H groups in total. The van der Waals surface area contributed by atoms with Gasteiger partial charge >= 0.3 is 0 Å². The Hall–Kier alpha value is -3.88. The molecule has 0 aliphatic carbocycles. The van der Waals surface area contributed by atoms with Crippen molar-refractivity contribution in [2.24, 2.45) is 11.8 Å². The summed E-state index contributed by atoms with van der Waals surface area (Å²) in [5.74, 6) is -1.90. The van der Waals surface area contributed by atoms with Crippen LogP contribution < -0.4 is 4.90 Å². The van der Waals surface area contributed by atoms with Gasteiger partial charge in [0.1, 0.15) is 6.04 Å². The summed E-state index contributed by atoms with van der Waals surface area (Å²) >= 11 is 1.56. The Morgan fingerprint density at radius 1 is 0.860 bits per heavy atom. The Morgan fingerprint density at radius 3 is 2.35 bits per heavy atom. The van der Waals surface area contributed by atoms with Gasteiger partial charge in [-0.2, -0.15) is 0 Å². The summed E-state index contributed by atoms with van der Waals surface area (Å²) < 4.78 is -1.63. The van der Waals surface area contributed by atoms with Gasteiger partial charge in [0.25, 0.3) is 5.91 Å². The molecule has 220 valence electrons. The first kappa shape index (κ1) is 27.9. The third kappa shape index (κ3) is 4.25. The Morgan fingerprint density at radius 2 is 1.58 bits per heavy atom. The molecule has 3 aromatic rings. The lowest BCUT2D eigenvalue weighted by Crippen LogP contribution is -2.57. The van der Waals surface area contributed by atoms with Crippen LogP contribution >= 0.6 is 11.8 Å². The largest absolute Gasteiger partial charge is 0.394 e. The maximum atomic E-state index is 14.9. The fourth-order valence-corrected chi connectivity index (χ4v) is 9.83. The van der Waals surface area contributed by atoms with Crippen molar-refractivity contribution in [3.8, 4) is 0 Å². The molecule has 0 bridgehead atoms. The summed E-state index contributed by atoms with van der Waals surface area (Å²) in [6, 6.07) is 22.2. The minimum absolute atomic E-state index is 0.0871. The highest BCUT2D eigenvalue weighted by Gasteiger charge is 2.74. The van der Waals surface area contributed by atoms with Crippen LogP contribution in [0.3, 0.4) is 0 Å². The van der Waals surface area contributed by atoms with Crippen LogP contribution in [0.15, 0.2) is 97.1 Å². The van der Waals surface area contributed by atoms with Crippen LogP contribution in [0.5, 0.6) is 0 Å². The van der Waals surface area contributed by atoms with Gasteiger partial charge in [-0.05, 0) is 41.8 Å². The number of anilines is 1. The summed E-state index contributed by atoms with van der Waals surface area (Å²) in [5, 5.41) is 12.9. The van der Waals surface area contributed by atoms with E-state index < -0.39 is 33.4 Å². The maximum absolute atomic E-state index is 14.9. The third-order valence-corrected chi connectivity index (χ3v) is 11.5. The van der Waals surface area contributed by atoms with Crippen molar-refractivity contribution in [2.75, 3.05) is 31.6 Å². The Balaban J connectivity index is 1.38. The quantitative estimate of drug-likeness (QED) is 0.452. The molecule has 8 heteroatoms. The van der Waals surface area contributed by atoms with Crippen LogP contribution in [0.25, 0.3) is 10.8 Å². The number of rotatable bonds is 5. The zero-order valence-electron chi connectivity index (χ0n) is 24.3. The Labute approximate surface area is 255 Å². The summed E-state index contributed by atoms with van der Waals surface area (Å²) in [6.07, 6.45) is 8.47. The molecule has 7 nitrogen and oxygen atoms in total. The lowest BCUT2D eigenvalue weighted by atomic mass is 9.74. The number of carbonyl (C=O) groups excluding carboxylic acids is 3. The second-order valence-electron chi connectivity index (χ2n) is 12.3. The average Bonchev–Trinajstić information content (AvgIpc) is 3.30. The first-order valence-corrected chi connectivity index (χ1v) is 15.7. The number of fused-ring (bicyclic) bond motifs is 3. The molecule has 4 aliphatic heterocycles. The summed E-state index contributed by atoms with van der Waals surface area (Å²) in [4.78, 5) is 48.7. The van der Waals surface area contributed by atoms with Gasteiger partial charge in [-0.3, -0.25) is 14.4 Å².